The summed E-state index contributed by atoms with van der Waals surface area (Å²) in [5, 5.41) is 1.04. The molecule has 7 heteroatoms. The molecule has 0 aromatic heterocycles. The van der Waals surface area contributed by atoms with Crippen molar-refractivity contribution >= 4 is 74.7 Å². The lowest BCUT2D eigenvalue weighted by molar-refractivity contribution is -0.115. The molecule has 0 spiro atoms. The van der Waals surface area contributed by atoms with Crippen LogP contribution in [0, 0.1) is 0 Å². The summed E-state index contributed by atoms with van der Waals surface area (Å²) in [7, 11) is 0. The summed E-state index contributed by atoms with van der Waals surface area (Å²) >= 11 is 24.1. The van der Waals surface area contributed by atoms with Crippen LogP contribution >= 0.6 is 58.8 Å². The maximum atomic E-state index is 11.6. The number of carbonyl (C=O) groups excluding carboxylic acids is 1. The van der Waals surface area contributed by atoms with Gasteiger partial charge in [-0.05, 0) is 12.1 Å². The Morgan fingerprint density at radius 2 is 1.81 bits per heavy atom. The highest BCUT2D eigenvalue weighted by Gasteiger charge is 2.30. The van der Waals surface area contributed by atoms with Crippen molar-refractivity contribution in [2.75, 3.05) is 10.7 Å². The van der Waals surface area contributed by atoms with Gasteiger partial charge in [-0.1, -0.05) is 58.8 Å². The first kappa shape index (κ1) is 12.5. The third kappa shape index (κ3) is 2.17. The second kappa shape index (κ2) is 4.70. The lowest BCUT2D eigenvalue weighted by Crippen LogP contribution is -2.28. The Bertz CT molecular complexity index is 476. The summed E-state index contributed by atoms with van der Waals surface area (Å²) in [6.45, 7) is 0. The first-order valence-electron chi connectivity index (χ1n) is 4.15. The lowest BCUT2D eigenvalue weighted by atomic mass is 10.3. The minimum Gasteiger partial charge on any atom is -0.273 e. The van der Waals surface area contributed by atoms with Crippen LogP contribution in [-0.4, -0.2) is 16.0 Å². The van der Waals surface area contributed by atoms with Gasteiger partial charge in [0.05, 0.1) is 26.5 Å². The monoisotopic (exact) mass is 311 g/mol. The Kier molecular flexibility index (Phi) is 3.66. The summed E-state index contributed by atoms with van der Waals surface area (Å²) in [6.07, 6.45) is 0. The topological polar surface area (TPSA) is 20.3 Å². The SMILES string of the molecule is O=C1CSC(=S)N1c1cc(Cl)c(Cl)cc1Cl. The van der Waals surface area contributed by atoms with Crippen LogP contribution in [0.5, 0.6) is 0 Å². The van der Waals surface area contributed by atoms with E-state index in [1.54, 1.807) is 6.07 Å². The maximum absolute atomic E-state index is 11.6. The van der Waals surface area contributed by atoms with Gasteiger partial charge in [-0.25, -0.2) is 0 Å². The molecule has 16 heavy (non-hydrogen) atoms. The van der Waals surface area contributed by atoms with E-state index in [4.69, 9.17) is 47.0 Å². The molecule has 1 heterocycles. The van der Waals surface area contributed by atoms with Crippen molar-refractivity contribution in [2.45, 2.75) is 0 Å². The molecule has 1 aliphatic rings. The molecule has 2 nitrogen and oxygen atoms in total. The van der Waals surface area contributed by atoms with Crippen LogP contribution in [0.1, 0.15) is 0 Å². The molecule has 1 fully saturated rings. The largest absolute Gasteiger partial charge is 0.273 e. The fraction of sp³-hybridized carbons (Fsp3) is 0.111. The van der Waals surface area contributed by atoms with Gasteiger partial charge in [0, 0.05) is 0 Å². The molecule has 0 radical (unpaired) electrons. The van der Waals surface area contributed by atoms with Gasteiger partial charge in [-0.15, -0.1) is 0 Å². The molecule has 0 N–H and O–H groups in total. The number of benzene rings is 1. The van der Waals surface area contributed by atoms with E-state index < -0.39 is 0 Å². The van der Waals surface area contributed by atoms with E-state index in [0.717, 1.165) is 0 Å². The predicted molar refractivity (Wildman–Crippen MR) is 74.0 cm³/mol. The van der Waals surface area contributed by atoms with Gasteiger partial charge in [-0.2, -0.15) is 0 Å². The number of carbonyl (C=O) groups is 1. The summed E-state index contributed by atoms with van der Waals surface area (Å²) < 4.78 is 0.477. The number of hydrogen-bond donors (Lipinski definition) is 0. The molecule has 0 unspecified atom stereocenters. The van der Waals surface area contributed by atoms with Crippen molar-refractivity contribution in [3.05, 3.63) is 27.2 Å². The standard InChI is InChI=1S/C9H4Cl3NOS2/c10-4-1-6(12)7(2-5(4)11)13-8(14)3-16-9(13)15/h1-2H,3H2. The average molecular weight is 313 g/mol. The summed E-state index contributed by atoms with van der Waals surface area (Å²) in [5.74, 6) is 0.227. The van der Waals surface area contributed by atoms with E-state index in [1.807, 2.05) is 0 Å². The van der Waals surface area contributed by atoms with Crippen LogP contribution in [-0.2, 0) is 4.79 Å². The lowest BCUT2D eigenvalue weighted by Gasteiger charge is -2.17. The normalized spacial score (nSPS) is 16.1. The Hall–Kier alpha value is -0.000000000000000167. The summed E-state index contributed by atoms with van der Waals surface area (Å²) in [4.78, 5) is 13.0. The Morgan fingerprint density at radius 1 is 1.19 bits per heavy atom. The van der Waals surface area contributed by atoms with Crippen LogP contribution < -0.4 is 4.90 Å². The fourth-order valence-corrected chi connectivity index (χ4v) is 2.98. The maximum Gasteiger partial charge on any atom is 0.243 e. The van der Waals surface area contributed by atoms with Crippen LogP contribution in [0.2, 0.25) is 15.1 Å². The number of rotatable bonds is 1. The van der Waals surface area contributed by atoms with Crippen molar-refractivity contribution in [3.63, 3.8) is 0 Å². The quantitative estimate of drug-likeness (QED) is 0.577. The molecule has 2 rings (SSSR count). The van der Waals surface area contributed by atoms with Crippen LogP contribution in [0.3, 0.4) is 0 Å². The number of anilines is 1. The molecule has 0 atom stereocenters. The van der Waals surface area contributed by atoms with Crippen molar-refractivity contribution in [2.24, 2.45) is 0 Å². The molecule has 1 aliphatic heterocycles. The van der Waals surface area contributed by atoms with E-state index in [0.29, 0.717) is 30.8 Å². The molecule has 84 valence electrons. The van der Waals surface area contributed by atoms with Gasteiger partial charge in [0.2, 0.25) is 5.91 Å². The van der Waals surface area contributed by atoms with Crippen molar-refractivity contribution in [3.8, 4) is 0 Å². The number of thiocarbonyl (C=S) groups is 1. The minimum absolute atomic E-state index is 0.102. The predicted octanol–water partition coefficient (Wildman–Crippen LogP) is 4.01. The molecule has 0 saturated carbocycles. The van der Waals surface area contributed by atoms with Crippen LogP contribution in [0.15, 0.2) is 12.1 Å². The van der Waals surface area contributed by atoms with E-state index in [-0.39, 0.29) is 5.91 Å². The second-order valence-electron chi connectivity index (χ2n) is 3.00. The number of nitrogens with zero attached hydrogens (tertiary/aromatic N) is 1. The zero-order chi connectivity index (χ0) is 11.9. The third-order valence-electron chi connectivity index (χ3n) is 1.98. The summed E-state index contributed by atoms with van der Waals surface area (Å²) in [5.41, 5.74) is 0.482. The van der Waals surface area contributed by atoms with E-state index in [9.17, 15) is 4.79 Å². The third-order valence-corrected chi connectivity index (χ3v) is 4.36. The van der Waals surface area contributed by atoms with Crippen molar-refractivity contribution in [1.82, 2.24) is 0 Å². The zero-order valence-electron chi connectivity index (χ0n) is 7.67. The first-order chi connectivity index (χ1) is 7.50. The number of amides is 1. The Labute approximate surface area is 117 Å². The van der Waals surface area contributed by atoms with Gasteiger partial charge in [-0.3, -0.25) is 9.69 Å². The van der Waals surface area contributed by atoms with E-state index in [2.05, 4.69) is 0 Å². The zero-order valence-corrected chi connectivity index (χ0v) is 11.6. The highest BCUT2D eigenvalue weighted by Crippen LogP contribution is 2.37. The molecule has 1 aromatic carbocycles. The highest BCUT2D eigenvalue weighted by molar-refractivity contribution is 8.24. The van der Waals surface area contributed by atoms with Crippen molar-refractivity contribution < 1.29 is 4.79 Å². The summed E-state index contributed by atoms with van der Waals surface area (Å²) in [6, 6.07) is 3.04. The molecule has 1 saturated heterocycles. The van der Waals surface area contributed by atoms with Crippen molar-refractivity contribution in [1.29, 1.82) is 0 Å². The number of halogens is 3. The van der Waals surface area contributed by atoms with Gasteiger partial charge in [0.15, 0.2) is 0 Å². The van der Waals surface area contributed by atoms with Crippen LogP contribution in [0.4, 0.5) is 5.69 Å². The van der Waals surface area contributed by atoms with Crippen LogP contribution in [0.25, 0.3) is 0 Å². The molecular weight excluding hydrogens is 309 g/mol. The Balaban J connectivity index is 2.51. The number of thioether (sulfide) groups is 1. The van der Waals surface area contributed by atoms with Gasteiger partial charge in [0.25, 0.3) is 0 Å². The average Bonchev–Trinajstić information content (AvgIpc) is 2.53. The minimum atomic E-state index is -0.102. The van der Waals surface area contributed by atoms with E-state index in [1.165, 1.54) is 22.7 Å². The van der Waals surface area contributed by atoms with E-state index >= 15 is 0 Å². The number of hydrogen-bond acceptors (Lipinski definition) is 3. The van der Waals surface area contributed by atoms with Gasteiger partial charge < -0.3 is 0 Å². The van der Waals surface area contributed by atoms with Gasteiger partial charge >= 0.3 is 0 Å². The second-order valence-corrected chi connectivity index (χ2v) is 5.83. The fourth-order valence-electron chi connectivity index (χ4n) is 1.27. The molecule has 1 aromatic rings. The molecule has 1 amide bonds. The molecule has 0 bridgehead atoms. The molecule has 0 aliphatic carbocycles. The highest BCUT2D eigenvalue weighted by atomic mass is 35.5. The van der Waals surface area contributed by atoms with Gasteiger partial charge in [0.1, 0.15) is 4.32 Å². The molecular formula is C9H4Cl3NOS2. The first-order valence-corrected chi connectivity index (χ1v) is 6.67. The Morgan fingerprint density at radius 3 is 2.38 bits per heavy atom. The smallest absolute Gasteiger partial charge is 0.243 e.